The van der Waals surface area contributed by atoms with Crippen molar-refractivity contribution < 1.29 is 58.0 Å². The van der Waals surface area contributed by atoms with Gasteiger partial charge in [-0.05, 0) is 70.6 Å². The lowest BCUT2D eigenvalue weighted by molar-refractivity contribution is -0.161. The van der Waals surface area contributed by atoms with Crippen LogP contribution >= 0.6 is 7.82 Å². The number of phosphoric acid groups is 1. The molecular weight excluding hydrogens is 775 g/mol. The summed E-state index contributed by atoms with van der Waals surface area (Å²) in [7, 11) is -4.68. The largest absolute Gasteiger partial charge is 0.472 e. The van der Waals surface area contributed by atoms with E-state index in [1.54, 1.807) is 42.5 Å². The third-order valence-electron chi connectivity index (χ3n) is 8.10. The van der Waals surface area contributed by atoms with Crippen molar-refractivity contribution in [2.75, 3.05) is 26.4 Å². The summed E-state index contributed by atoms with van der Waals surface area (Å²) in [5.74, 6) is -1.13. The van der Waals surface area contributed by atoms with Crippen LogP contribution in [0.2, 0.25) is 0 Å². The molecule has 0 saturated heterocycles. The smallest absolute Gasteiger partial charge is 0.462 e. The summed E-state index contributed by atoms with van der Waals surface area (Å²) in [6, 6.07) is 0. The molecule has 5 atom stereocenters. The molecule has 0 heterocycles. The molecule has 334 valence electrons. The number of carbonyl (C=O) groups excluding carboxylic acids is 2. The number of aliphatic hydroxyl groups is 4. The van der Waals surface area contributed by atoms with Gasteiger partial charge in [-0.1, -0.05) is 142 Å². The van der Waals surface area contributed by atoms with E-state index in [0.29, 0.717) is 32.1 Å². The molecule has 0 aromatic rings. The first kappa shape index (κ1) is 55.5. The number of hydrogen-bond donors (Lipinski definition) is 5. The molecule has 0 radical (unpaired) electrons. The van der Waals surface area contributed by atoms with E-state index in [0.717, 1.165) is 57.8 Å². The first-order valence-corrected chi connectivity index (χ1v) is 22.6. The van der Waals surface area contributed by atoms with Crippen molar-refractivity contribution in [1.29, 1.82) is 0 Å². The van der Waals surface area contributed by atoms with Gasteiger partial charge in [0.2, 0.25) is 0 Å². The fraction of sp³-hybridized carbons (Fsp3) is 0.565. The van der Waals surface area contributed by atoms with E-state index in [4.69, 9.17) is 19.1 Å². The number of ether oxygens (including phenoxy) is 2. The van der Waals surface area contributed by atoms with E-state index in [1.165, 1.54) is 0 Å². The summed E-state index contributed by atoms with van der Waals surface area (Å²) in [5.41, 5.74) is 0. The summed E-state index contributed by atoms with van der Waals surface area (Å²) < 4.78 is 32.5. The molecular formula is C46H73O12P. The second-order valence-electron chi connectivity index (χ2n) is 13.6. The quantitative estimate of drug-likeness (QED) is 0.0131. The van der Waals surface area contributed by atoms with E-state index in [1.807, 2.05) is 37.3 Å². The maximum absolute atomic E-state index is 12.6. The molecule has 0 bridgehead atoms. The molecule has 13 heteroatoms. The number of carbonyl (C=O) groups is 2. The Balaban J connectivity index is 4.61. The fourth-order valence-electron chi connectivity index (χ4n) is 4.85. The lowest BCUT2D eigenvalue weighted by Gasteiger charge is -2.20. The van der Waals surface area contributed by atoms with Crippen LogP contribution in [-0.2, 0) is 32.7 Å². The van der Waals surface area contributed by atoms with Crippen molar-refractivity contribution in [1.82, 2.24) is 0 Å². The molecule has 0 amide bonds. The lowest BCUT2D eigenvalue weighted by atomic mass is 10.1. The van der Waals surface area contributed by atoms with Crippen LogP contribution in [-0.4, -0.2) is 88.1 Å². The van der Waals surface area contributed by atoms with Crippen molar-refractivity contribution in [3.8, 4) is 0 Å². The molecule has 0 aliphatic heterocycles. The highest BCUT2D eigenvalue weighted by Crippen LogP contribution is 2.43. The monoisotopic (exact) mass is 848 g/mol. The van der Waals surface area contributed by atoms with Crippen LogP contribution in [0.3, 0.4) is 0 Å². The van der Waals surface area contributed by atoms with Crippen molar-refractivity contribution in [2.24, 2.45) is 0 Å². The third-order valence-corrected chi connectivity index (χ3v) is 9.05. The van der Waals surface area contributed by atoms with Gasteiger partial charge in [0, 0.05) is 12.8 Å². The summed E-state index contributed by atoms with van der Waals surface area (Å²) in [4.78, 5) is 34.9. The molecule has 12 nitrogen and oxygen atoms in total. The molecule has 0 rings (SSSR count). The minimum absolute atomic E-state index is 0.00843. The minimum Gasteiger partial charge on any atom is -0.462 e. The van der Waals surface area contributed by atoms with Crippen LogP contribution in [0, 0.1) is 0 Å². The number of esters is 2. The maximum Gasteiger partial charge on any atom is 0.472 e. The number of aliphatic hydroxyl groups excluding tert-OH is 4. The average molecular weight is 849 g/mol. The molecule has 59 heavy (non-hydrogen) atoms. The van der Waals surface area contributed by atoms with E-state index < -0.39 is 70.6 Å². The van der Waals surface area contributed by atoms with Crippen LogP contribution in [0.5, 0.6) is 0 Å². The first-order chi connectivity index (χ1) is 28.5. The Kier molecular flexibility index (Phi) is 37.6. The Morgan fingerprint density at radius 2 is 1.08 bits per heavy atom. The summed E-state index contributed by atoms with van der Waals surface area (Å²) in [5, 5.41) is 38.3. The molecule has 0 aromatic heterocycles. The highest BCUT2D eigenvalue weighted by Gasteiger charge is 2.27. The van der Waals surface area contributed by atoms with Gasteiger partial charge in [-0.15, -0.1) is 0 Å². The van der Waals surface area contributed by atoms with Crippen molar-refractivity contribution in [3.63, 3.8) is 0 Å². The zero-order valence-electron chi connectivity index (χ0n) is 35.4. The van der Waals surface area contributed by atoms with E-state index >= 15 is 0 Å². The van der Waals surface area contributed by atoms with Crippen LogP contribution in [0.1, 0.15) is 117 Å². The Bertz CT molecular complexity index is 1380. The second kappa shape index (κ2) is 40.0. The Hall–Kier alpha value is -3.45. The highest BCUT2D eigenvalue weighted by atomic mass is 31.2. The van der Waals surface area contributed by atoms with Crippen molar-refractivity contribution >= 4 is 19.8 Å². The second-order valence-corrected chi connectivity index (χ2v) is 15.1. The zero-order valence-corrected chi connectivity index (χ0v) is 36.3. The Labute approximate surface area is 353 Å². The van der Waals surface area contributed by atoms with Crippen LogP contribution in [0.25, 0.3) is 0 Å². The van der Waals surface area contributed by atoms with Gasteiger partial charge in [-0.3, -0.25) is 18.6 Å². The summed E-state index contributed by atoms with van der Waals surface area (Å²) in [6.45, 7) is 1.82. The zero-order chi connectivity index (χ0) is 43.7. The van der Waals surface area contributed by atoms with Gasteiger partial charge < -0.3 is 34.8 Å². The number of allylic oxidation sites excluding steroid dienone is 14. The molecule has 1 unspecified atom stereocenters. The molecule has 0 saturated carbocycles. The highest BCUT2D eigenvalue weighted by molar-refractivity contribution is 7.47. The molecule has 0 aliphatic rings. The third kappa shape index (κ3) is 39.8. The SMILES string of the molecule is CC/C=C\C/C=C\C/C=C\CCCCCCCC(=O)OC[C@H](COP(=O)(O)OC[C@@H](O)CO)OC(=O)CC/C=C\C/C=C\C[C@@H](O)/C=C/C=C\C=C\[C@@H](O)C/C=C\CC. The maximum atomic E-state index is 12.6. The minimum atomic E-state index is -4.68. The molecule has 0 fully saturated rings. The van der Waals surface area contributed by atoms with E-state index in [9.17, 15) is 34.4 Å². The Morgan fingerprint density at radius 1 is 0.576 bits per heavy atom. The van der Waals surface area contributed by atoms with Gasteiger partial charge in [-0.25, -0.2) is 4.57 Å². The van der Waals surface area contributed by atoms with Crippen LogP contribution in [0.15, 0.2) is 109 Å². The van der Waals surface area contributed by atoms with E-state index in [2.05, 4.69) is 47.9 Å². The normalized spacial score (nSPS) is 16.0. The first-order valence-electron chi connectivity index (χ1n) is 21.1. The van der Waals surface area contributed by atoms with Gasteiger partial charge in [0.25, 0.3) is 0 Å². The van der Waals surface area contributed by atoms with Crippen molar-refractivity contribution in [3.05, 3.63) is 109 Å². The summed E-state index contributed by atoms with van der Waals surface area (Å²) >= 11 is 0. The molecule has 0 spiro atoms. The number of phosphoric ester groups is 1. The van der Waals surface area contributed by atoms with Gasteiger partial charge in [-0.2, -0.15) is 0 Å². The van der Waals surface area contributed by atoms with E-state index in [-0.39, 0.29) is 12.8 Å². The number of hydrogen-bond acceptors (Lipinski definition) is 11. The van der Waals surface area contributed by atoms with Crippen molar-refractivity contribution in [2.45, 2.75) is 141 Å². The van der Waals surface area contributed by atoms with Gasteiger partial charge in [0.05, 0.1) is 32.0 Å². The van der Waals surface area contributed by atoms with Crippen LogP contribution in [0.4, 0.5) is 0 Å². The van der Waals surface area contributed by atoms with Gasteiger partial charge in [0.1, 0.15) is 12.7 Å². The number of unbranched alkanes of at least 4 members (excludes halogenated alkanes) is 5. The van der Waals surface area contributed by atoms with Gasteiger partial charge >= 0.3 is 19.8 Å². The standard InChI is InChI=1S/C46H73O12P/c1-3-5-7-8-9-10-11-12-13-14-15-16-17-21-29-35-45(51)55-39-44(40-57-59(53,54)56-38-43(50)37-47)58-46(52)36-30-22-19-18-20-26-32-42(49)34-28-24-23-27-33-41(48)31-25-6-4-2/h5-7,9-10,12-13,19-20,22-28,33-34,41-44,47-50H,3-4,8,11,14-18,21,29-32,35-40H2,1-2H3,(H,53,54)/b7-5-,10-9-,13-12-,22-19-,24-23-,25-6-,26-20-,33-27+,34-28+/t41-,42+,43-,44+/m0/s1. The average Bonchev–Trinajstić information content (AvgIpc) is 3.21. The van der Waals surface area contributed by atoms with Crippen LogP contribution < -0.4 is 0 Å². The number of rotatable bonds is 37. The topological polar surface area (TPSA) is 189 Å². The molecule has 5 N–H and O–H groups in total. The predicted octanol–water partition coefficient (Wildman–Crippen LogP) is 8.94. The summed E-state index contributed by atoms with van der Waals surface area (Å²) in [6.07, 6.45) is 42.7. The molecule has 0 aliphatic carbocycles. The molecule has 0 aromatic carbocycles. The fourth-order valence-corrected chi connectivity index (χ4v) is 5.64. The predicted molar refractivity (Wildman–Crippen MR) is 235 cm³/mol. The Morgan fingerprint density at radius 3 is 1.71 bits per heavy atom. The lowest BCUT2D eigenvalue weighted by Crippen LogP contribution is -2.29. The van der Waals surface area contributed by atoms with Gasteiger partial charge in [0.15, 0.2) is 6.10 Å².